The largest absolute Gasteiger partial charge is 0.503 e. The fourth-order valence-corrected chi connectivity index (χ4v) is 3.49. The minimum atomic E-state index is -1.24. The maximum atomic E-state index is 12.7. The van der Waals surface area contributed by atoms with E-state index in [0.29, 0.717) is 19.3 Å². The molecule has 1 amide bonds. The number of hydrogen-bond acceptors (Lipinski definition) is 8. The molecular weight excluding hydrogens is 416 g/mol. The molecule has 9 heteroatoms. The molecular formula is C23H26N2O7. The van der Waals surface area contributed by atoms with Crippen LogP contribution in [0.15, 0.2) is 42.6 Å². The topological polar surface area (TPSA) is 124 Å². The molecule has 3 rings (SSSR count). The standard InChI is InChI=1S/C23H26N2O7/c1-14-12-16(9-8-15-6-4-3-5-7-15)22(28)31-13-17(23(29)32-14)25-21(27)19-20(26)18(30-2)10-11-24-19/h3-7,10-11,14,16-17,26H,8-9,12-13H2,1-2H3,(H,25,27)/t14?,16?,17-/m0/s1. The SMILES string of the molecule is COc1ccnc(C(=O)N[C@H]2COC(=O)C(CCc3ccccc3)CC(C)OC2=O)c1O. The summed E-state index contributed by atoms with van der Waals surface area (Å²) in [5.74, 6) is -2.86. The maximum Gasteiger partial charge on any atom is 0.332 e. The molecule has 2 aromatic rings. The molecule has 0 bridgehead atoms. The van der Waals surface area contributed by atoms with Crippen LogP contribution in [0.4, 0.5) is 0 Å². The van der Waals surface area contributed by atoms with Gasteiger partial charge < -0.3 is 24.6 Å². The summed E-state index contributed by atoms with van der Waals surface area (Å²) in [6.45, 7) is 1.31. The van der Waals surface area contributed by atoms with Gasteiger partial charge in [-0.3, -0.25) is 9.59 Å². The number of esters is 2. The lowest BCUT2D eigenvalue weighted by Crippen LogP contribution is -2.46. The van der Waals surface area contributed by atoms with Gasteiger partial charge >= 0.3 is 11.9 Å². The molecule has 2 N–H and O–H groups in total. The van der Waals surface area contributed by atoms with Gasteiger partial charge in [0.05, 0.1) is 19.1 Å². The minimum Gasteiger partial charge on any atom is -0.503 e. The summed E-state index contributed by atoms with van der Waals surface area (Å²) < 4.78 is 15.7. The molecule has 9 nitrogen and oxygen atoms in total. The molecule has 170 valence electrons. The predicted octanol–water partition coefficient (Wildman–Crippen LogP) is 2.02. The van der Waals surface area contributed by atoms with Crippen molar-refractivity contribution in [3.63, 3.8) is 0 Å². The fourth-order valence-electron chi connectivity index (χ4n) is 3.49. The predicted molar refractivity (Wildman–Crippen MR) is 113 cm³/mol. The van der Waals surface area contributed by atoms with E-state index in [1.165, 1.54) is 19.4 Å². The van der Waals surface area contributed by atoms with Crippen molar-refractivity contribution in [3.05, 3.63) is 53.9 Å². The lowest BCUT2D eigenvalue weighted by Gasteiger charge is -2.18. The molecule has 1 fully saturated rings. The number of benzene rings is 1. The van der Waals surface area contributed by atoms with Crippen LogP contribution < -0.4 is 10.1 Å². The van der Waals surface area contributed by atoms with Crippen LogP contribution in [0.5, 0.6) is 11.5 Å². The Morgan fingerprint density at radius 3 is 2.69 bits per heavy atom. The molecule has 1 saturated heterocycles. The van der Waals surface area contributed by atoms with Crippen molar-refractivity contribution in [1.82, 2.24) is 10.3 Å². The molecule has 2 heterocycles. The van der Waals surface area contributed by atoms with E-state index in [4.69, 9.17) is 14.2 Å². The zero-order valence-corrected chi connectivity index (χ0v) is 17.9. The lowest BCUT2D eigenvalue weighted by molar-refractivity contribution is -0.152. The van der Waals surface area contributed by atoms with E-state index in [1.54, 1.807) is 6.92 Å². The number of nitrogens with one attached hydrogen (secondary N) is 1. The number of methoxy groups -OCH3 is 1. The van der Waals surface area contributed by atoms with Gasteiger partial charge in [-0.15, -0.1) is 0 Å². The van der Waals surface area contributed by atoms with Gasteiger partial charge in [-0.25, -0.2) is 9.78 Å². The van der Waals surface area contributed by atoms with Crippen molar-refractivity contribution in [2.45, 2.75) is 38.3 Å². The van der Waals surface area contributed by atoms with Gasteiger partial charge in [-0.2, -0.15) is 0 Å². The molecule has 32 heavy (non-hydrogen) atoms. The average Bonchev–Trinajstić information content (AvgIpc) is 2.83. The van der Waals surface area contributed by atoms with E-state index in [0.717, 1.165) is 5.56 Å². The molecule has 1 aliphatic heterocycles. The van der Waals surface area contributed by atoms with Crippen molar-refractivity contribution >= 4 is 17.8 Å². The van der Waals surface area contributed by atoms with Crippen molar-refractivity contribution in [2.24, 2.45) is 5.92 Å². The van der Waals surface area contributed by atoms with E-state index in [2.05, 4.69) is 10.3 Å². The summed E-state index contributed by atoms with van der Waals surface area (Å²) in [6.07, 6.45) is 2.28. The maximum absolute atomic E-state index is 12.7. The molecule has 1 aromatic heterocycles. The summed E-state index contributed by atoms with van der Waals surface area (Å²) in [5.41, 5.74) is 0.776. The third-order valence-electron chi connectivity index (χ3n) is 5.20. The molecule has 0 spiro atoms. The van der Waals surface area contributed by atoms with Crippen LogP contribution in [0.25, 0.3) is 0 Å². The Hall–Kier alpha value is -3.62. The third kappa shape index (κ3) is 5.75. The first-order valence-corrected chi connectivity index (χ1v) is 10.3. The second kappa shape index (κ2) is 10.6. The van der Waals surface area contributed by atoms with Crippen LogP contribution in [-0.2, 0) is 25.5 Å². The Kier molecular flexibility index (Phi) is 7.64. The van der Waals surface area contributed by atoms with Gasteiger partial charge in [0.15, 0.2) is 23.2 Å². The number of aromatic hydroxyl groups is 1. The number of pyridine rings is 1. The van der Waals surface area contributed by atoms with Crippen molar-refractivity contribution in [2.75, 3.05) is 13.7 Å². The number of hydrogen-bond donors (Lipinski definition) is 2. The van der Waals surface area contributed by atoms with Crippen molar-refractivity contribution in [1.29, 1.82) is 0 Å². The van der Waals surface area contributed by atoms with E-state index in [1.807, 2.05) is 30.3 Å². The molecule has 1 aliphatic rings. The normalized spacial score (nSPS) is 21.4. The Bertz CT molecular complexity index is 964. The Morgan fingerprint density at radius 1 is 1.22 bits per heavy atom. The molecule has 2 unspecified atom stereocenters. The highest BCUT2D eigenvalue weighted by Crippen LogP contribution is 2.27. The van der Waals surface area contributed by atoms with Crippen LogP contribution in [-0.4, -0.2) is 53.8 Å². The average molecular weight is 442 g/mol. The van der Waals surface area contributed by atoms with E-state index < -0.39 is 41.7 Å². The smallest absolute Gasteiger partial charge is 0.332 e. The van der Waals surface area contributed by atoms with E-state index in [-0.39, 0.29) is 18.1 Å². The van der Waals surface area contributed by atoms with Crippen LogP contribution in [0.1, 0.15) is 35.8 Å². The number of amides is 1. The first-order valence-electron chi connectivity index (χ1n) is 10.3. The first-order chi connectivity index (χ1) is 15.4. The summed E-state index contributed by atoms with van der Waals surface area (Å²) in [7, 11) is 1.33. The van der Waals surface area contributed by atoms with Gasteiger partial charge in [-0.1, -0.05) is 30.3 Å². The Balaban J connectivity index is 1.68. The van der Waals surface area contributed by atoms with Crippen LogP contribution in [0.3, 0.4) is 0 Å². The van der Waals surface area contributed by atoms with E-state index >= 15 is 0 Å². The number of cyclic esters (lactones) is 2. The molecule has 0 radical (unpaired) electrons. The highest BCUT2D eigenvalue weighted by atomic mass is 16.6. The highest BCUT2D eigenvalue weighted by molar-refractivity contribution is 5.98. The fraction of sp³-hybridized carbons (Fsp3) is 0.391. The highest BCUT2D eigenvalue weighted by Gasteiger charge is 2.33. The van der Waals surface area contributed by atoms with Crippen LogP contribution >= 0.6 is 0 Å². The monoisotopic (exact) mass is 442 g/mol. The second-order valence-electron chi connectivity index (χ2n) is 7.57. The van der Waals surface area contributed by atoms with Gasteiger partial charge in [-0.05, 0) is 31.7 Å². The van der Waals surface area contributed by atoms with Crippen LogP contribution in [0.2, 0.25) is 0 Å². The van der Waals surface area contributed by atoms with E-state index in [9.17, 15) is 19.5 Å². The number of carbonyl (C=O) groups is 3. The first kappa shape index (κ1) is 23.1. The number of rotatable bonds is 6. The second-order valence-corrected chi connectivity index (χ2v) is 7.57. The van der Waals surface area contributed by atoms with Gasteiger partial charge in [0, 0.05) is 12.3 Å². The quantitative estimate of drug-likeness (QED) is 0.651. The lowest BCUT2D eigenvalue weighted by atomic mass is 9.94. The van der Waals surface area contributed by atoms with Crippen LogP contribution in [0, 0.1) is 5.92 Å². The summed E-state index contributed by atoms with van der Waals surface area (Å²) in [6, 6.07) is 9.91. The van der Waals surface area contributed by atoms with Crippen molar-refractivity contribution in [3.8, 4) is 11.5 Å². The number of aromatic nitrogens is 1. The van der Waals surface area contributed by atoms with Gasteiger partial charge in [0.2, 0.25) is 0 Å². The summed E-state index contributed by atoms with van der Waals surface area (Å²) in [5, 5.41) is 12.5. The molecule has 3 atom stereocenters. The number of carbonyl (C=O) groups excluding carboxylic acids is 3. The molecule has 1 aromatic carbocycles. The molecule has 0 saturated carbocycles. The van der Waals surface area contributed by atoms with Gasteiger partial charge in [0.1, 0.15) is 6.61 Å². The number of aryl methyl sites for hydroxylation is 1. The third-order valence-corrected chi connectivity index (χ3v) is 5.20. The Labute approximate surface area is 185 Å². The minimum absolute atomic E-state index is 0.0588. The summed E-state index contributed by atoms with van der Waals surface area (Å²) in [4.78, 5) is 41.6. The number of nitrogens with zero attached hydrogens (tertiary/aromatic N) is 1. The zero-order chi connectivity index (χ0) is 23.1. The Morgan fingerprint density at radius 2 is 1.97 bits per heavy atom. The number of ether oxygens (including phenoxy) is 3. The summed E-state index contributed by atoms with van der Waals surface area (Å²) >= 11 is 0. The molecule has 0 aliphatic carbocycles. The van der Waals surface area contributed by atoms with Gasteiger partial charge in [0.25, 0.3) is 5.91 Å². The zero-order valence-electron chi connectivity index (χ0n) is 17.9. The van der Waals surface area contributed by atoms with Crippen molar-refractivity contribution < 1.29 is 33.7 Å².